The first-order valence-electron chi connectivity index (χ1n) is 3.96. The van der Waals surface area contributed by atoms with Crippen LogP contribution in [0.3, 0.4) is 0 Å². The summed E-state index contributed by atoms with van der Waals surface area (Å²) in [7, 11) is 0. The maximum absolute atomic E-state index is 8.75. The minimum absolute atomic E-state index is 0. The summed E-state index contributed by atoms with van der Waals surface area (Å²) in [6.45, 7) is 4.69. The molecule has 0 aliphatic heterocycles. The molecule has 1 atom stereocenters. The molecule has 0 aromatic rings. The van der Waals surface area contributed by atoms with Gasteiger partial charge in [0.1, 0.15) is 0 Å². The van der Waals surface area contributed by atoms with Gasteiger partial charge in [-0.3, -0.25) is 0 Å². The highest BCUT2D eigenvalue weighted by Gasteiger charge is 2.01. The first kappa shape index (κ1) is 13.3. The summed E-state index contributed by atoms with van der Waals surface area (Å²) >= 11 is 0. The zero-order chi connectivity index (χ0) is 7.11. The van der Waals surface area contributed by atoms with E-state index in [0.29, 0.717) is 12.5 Å². The van der Waals surface area contributed by atoms with Gasteiger partial charge in [0.15, 0.2) is 0 Å². The minimum Gasteiger partial charge on any atom is -0.396 e. The fourth-order valence-corrected chi connectivity index (χ4v) is 0.917. The van der Waals surface area contributed by atoms with Crippen LogP contribution in [-0.4, -0.2) is 34.8 Å². The van der Waals surface area contributed by atoms with E-state index < -0.39 is 0 Å². The fraction of sp³-hybridized carbons (Fsp3) is 1.00. The highest BCUT2D eigenvalue weighted by atomic mass is 24.3. The van der Waals surface area contributed by atoms with Crippen LogP contribution in [0.25, 0.3) is 0 Å². The Morgan fingerprint density at radius 2 is 1.90 bits per heavy atom. The Bertz CT molecular complexity index is 53.2. The third kappa shape index (κ3) is 6.84. The van der Waals surface area contributed by atoms with Gasteiger partial charge in [0, 0.05) is 6.61 Å². The van der Waals surface area contributed by atoms with Crippen molar-refractivity contribution in [2.45, 2.75) is 39.5 Å². The molecule has 0 amide bonds. The molecule has 2 heteroatoms. The second-order valence-corrected chi connectivity index (χ2v) is 2.60. The quantitative estimate of drug-likeness (QED) is 0.595. The van der Waals surface area contributed by atoms with Crippen molar-refractivity contribution in [3.63, 3.8) is 0 Å². The lowest BCUT2D eigenvalue weighted by atomic mass is 10.0. The van der Waals surface area contributed by atoms with Gasteiger partial charge in [-0.1, -0.05) is 33.1 Å². The Balaban J connectivity index is 0. The van der Waals surface area contributed by atoms with Gasteiger partial charge in [-0.25, -0.2) is 0 Å². The van der Waals surface area contributed by atoms with E-state index in [2.05, 4.69) is 13.8 Å². The molecule has 0 aromatic heterocycles. The third-order valence-electron chi connectivity index (χ3n) is 1.80. The van der Waals surface area contributed by atoms with E-state index in [1.54, 1.807) is 0 Å². The first-order chi connectivity index (χ1) is 4.35. The van der Waals surface area contributed by atoms with Gasteiger partial charge in [0.05, 0.1) is 0 Å². The lowest BCUT2D eigenvalue weighted by Gasteiger charge is -2.08. The predicted octanol–water partition coefficient (Wildman–Crippen LogP) is 1.28. The lowest BCUT2D eigenvalue weighted by molar-refractivity contribution is 0.212. The van der Waals surface area contributed by atoms with Gasteiger partial charge < -0.3 is 5.11 Å². The molecule has 0 rings (SSSR count). The molecule has 60 valence electrons. The van der Waals surface area contributed by atoms with Crippen molar-refractivity contribution in [1.29, 1.82) is 0 Å². The Kier molecular flexibility index (Phi) is 13.0. The molecule has 0 radical (unpaired) electrons. The maximum Gasteiger partial charge on any atom is 0.316 e. The van der Waals surface area contributed by atoms with Crippen LogP contribution in [0.4, 0.5) is 0 Å². The summed E-state index contributed by atoms with van der Waals surface area (Å²) in [5.74, 6) is 0.560. The maximum atomic E-state index is 8.75. The molecule has 0 aromatic carbocycles. The van der Waals surface area contributed by atoms with E-state index in [4.69, 9.17) is 5.11 Å². The van der Waals surface area contributed by atoms with E-state index in [1.807, 2.05) is 0 Å². The van der Waals surface area contributed by atoms with Crippen molar-refractivity contribution < 1.29 is 5.11 Å². The highest BCUT2D eigenvalue weighted by Crippen LogP contribution is 2.10. The number of aliphatic hydroxyl groups excluding tert-OH is 1. The van der Waals surface area contributed by atoms with Gasteiger partial charge in [-0.05, 0) is 12.3 Å². The van der Waals surface area contributed by atoms with E-state index in [1.165, 1.54) is 19.3 Å². The molecule has 0 aliphatic carbocycles. The normalized spacial score (nSPS) is 12.3. The molecule has 0 aliphatic rings. The molecular weight excluding hydrogens is 136 g/mol. The van der Waals surface area contributed by atoms with Crippen LogP contribution in [0.5, 0.6) is 0 Å². The Morgan fingerprint density at radius 1 is 1.30 bits per heavy atom. The largest absolute Gasteiger partial charge is 0.396 e. The smallest absolute Gasteiger partial charge is 0.316 e. The molecule has 0 heterocycles. The molecule has 1 nitrogen and oxygen atoms in total. The number of aliphatic hydroxyl groups is 1. The van der Waals surface area contributed by atoms with Crippen molar-refractivity contribution in [3.8, 4) is 0 Å². The van der Waals surface area contributed by atoms with E-state index >= 15 is 0 Å². The third-order valence-corrected chi connectivity index (χ3v) is 1.80. The SMILES string of the molecule is CCCCC(CC)CO.[MgH2]. The van der Waals surface area contributed by atoms with Gasteiger partial charge in [0.2, 0.25) is 0 Å². The van der Waals surface area contributed by atoms with Crippen LogP contribution in [0, 0.1) is 5.92 Å². The summed E-state index contributed by atoms with van der Waals surface area (Å²) < 4.78 is 0. The average molecular weight is 157 g/mol. The lowest BCUT2D eigenvalue weighted by Crippen LogP contribution is -2.03. The van der Waals surface area contributed by atoms with Gasteiger partial charge in [-0.15, -0.1) is 0 Å². The predicted molar refractivity (Wildman–Crippen MR) is 48.9 cm³/mol. The number of hydrogen-bond acceptors (Lipinski definition) is 1. The van der Waals surface area contributed by atoms with Crippen molar-refractivity contribution in [2.75, 3.05) is 6.61 Å². The number of rotatable bonds is 5. The van der Waals surface area contributed by atoms with Crippen LogP contribution in [0.1, 0.15) is 39.5 Å². The van der Waals surface area contributed by atoms with Crippen LogP contribution < -0.4 is 0 Å². The summed E-state index contributed by atoms with van der Waals surface area (Å²) in [4.78, 5) is 0. The summed E-state index contributed by atoms with van der Waals surface area (Å²) in [6, 6.07) is 0. The average Bonchev–Trinajstić information content (AvgIpc) is 1.91. The van der Waals surface area contributed by atoms with Crippen LogP contribution >= 0.6 is 0 Å². The van der Waals surface area contributed by atoms with Crippen LogP contribution in [0.15, 0.2) is 0 Å². The molecule has 0 fully saturated rings. The molecular formula is C8H20MgO. The monoisotopic (exact) mass is 156 g/mol. The molecule has 1 N–H and O–H groups in total. The van der Waals surface area contributed by atoms with E-state index in [9.17, 15) is 0 Å². The van der Waals surface area contributed by atoms with Crippen molar-refractivity contribution in [2.24, 2.45) is 5.92 Å². The van der Waals surface area contributed by atoms with Crippen LogP contribution in [-0.2, 0) is 0 Å². The van der Waals surface area contributed by atoms with Crippen molar-refractivity contribution in [3.05, 3.63) is 0 Å². The zero-order valence-electron chi connectivity index (χ0n) is 6.56. The standard InChI is InChI=1S/C8H18O.Mg.2H/c1-3-5-6-8(4-2)7-9;;;/h8-9H,3-7H2,1-2H3;;;. The second-order valence-electron chi connectivity index (χ2n) is 2.60. The molecule has 0 spiro atoms. The molecule has 1 unspecified atom stereocenters. The Morgan fingerprint density at radius 3 is 2.20 bits per heavy atom. The topological polar surface area (TPSA) is 20.2 Å². The molecule has 10 heavy (non-hydrogen) atoms. The molecule has 0 saturated carbocycles. The molecule has 0 saturated heterocycles. The van der Waals surface area contributed by atoms with Crippen molar-refractivity contribution >= 4 is 23.1 Å². The zero-order valence-corrected chi connectivity index (χ0v) is 6.56. The van der Waals surface area contributed by atoms with Crippen LogP contribution in [0.2, 0.25) is 0 Å². The first-order valence-corrected chi connectivity index (χ1v) is 3.96. The van der Waals surface area contributed by atoms with Gasteiger partial charge >= 0.3 is 23.1 Å². The Labute approximate surface area is 80.4 Å². The number of hydrogen-bond donors (Lipinski definition) is 1. The summed E-state index contributed by atoms with van der Waals surface area (Å²) in [5.41, 5.74) is 0. The summed E-state index contributed by atoms with van der Waals surface area (Å²) in [6.07, 6.45) is 4.83. The Hall–Kier alpha value is 0.726. The minimum atomic E-state index is 0. The van der Waals surface area contributed by atoms with Gasteiger partial charge in [0.25, 0.3) is 0 Å². The summed E-state index contributed by atoms with van der Waals surface area (Å²) in [5, 5.41) is 8.75. The molecule has 0 bridgehead atoms. The fourth-order valence-electron chi connectivity index (χ4n) is 0.917. The highest BCUT2D eigenvalue weighted by molar-refractivity contribution is 5.75. The second kappa shape index (κ2) is 9.73. The van der Waals surface area contributed by atoms with Gasteiger partial charge in [-0.2, -0.15) is 0 Å². The van der Waals surface area contributed by atoms with E-state index in [-0.39, 0.29) is 23.1 Å². The number of unbranched alkanes of at least 4 members (excludes halogenated alkanes) is 1. The van der Waals surface area contributed by atoms with E-state index in [0.717, 1.165) is 6.42 Å². The van der Waals surface area contributed by atoms with Crippen molar-refractivity contribution in [1.82, 2.24) is 0 Å².